The van der Waals surface area contributed by atoms with Gasteiger partial charge in [0.15, 0.2) is 11.0 Å². The maximum Gasteiger partial charge on any atom is 0.223 e. The van der Waals surface area contributed by atoms with Gasteiger partial charge in [-0.1, -0.05) is 5.16 Å². The fourth-order valence-corrected chi connectivity index (χ4v) is 3.23. The van der Waals surface area contributed by atoms with Gasteiger partial charge in [0, 0.05) is 44.7 Å². The summed E-state index contributed by atoms with van der Waals surface area (Å²) in [5.74, 6) is 1.41. The van der Waals surface area contributed by atoms with E-state index in [0.717, 1.165) is 43.6 Å². The Labute approximate surface area is 122 Å². The Morgan fingerprint density at radius 2 is 2.20 bits per heavy atom. The van der Waals surface area contributed by atoms with Crippen molar-refractivity contribution >= 4 is 16.5 Å². The number of hydrogen-bond acceptors (Lipinski definition) is 7. The van der Waals surface area contributed by atoms with Crippen LogP contribution in [0, 0.1) is 6.92 Å². The quantitative estimate of drug-likeness (QED) is 0.864. The molecule has 0 amide bonds. The average molecular weight is 293 g/mol. The van der Waals surface area contributed by atoms with E-state index in [1.807, 2.05) is 18.5 Å². The van der Waals surface area contributed by atoms with Gasteiger partial charge in [-0.15, -0.1) is 11.3 Å². The van der Waals surface area contributed by atoms with Crippen LogP contribution in [0.25, 0.3) is 0 Å². The van der Waals surface area contributed by atoms with Gasteiger partial charge < -0.3 is 9.42 Å². The molecule has 20 heavy (non-hydrogen) atoms. The van der Waals surface area contributed by atoms with Crippen molar-refractivity contribution < 1.29 is 4.52 Å². The number of anilines is 1. The Bertz CT molecular complexity index is 541. The van der Waals surface area contributed by atoms with E-state index < -0.39 is 0 Å². The minimum atomic E-state index is 0.198. The summed E-state index contributed by atoms with van der Waals surface area (Å²) >= 11 is 1.70. The van der Waals surface area contributed by atoms with Gasteiger partial charge in [0.25, 0.3) is 0 Å². The van der Waals surface area contributed by atoms with E-state index in [0.29, 0.717) is 5.89 Å². The van der Waals surface area contributed by atoms with Crippen LogP contribution in [-0.4, -0.2) is 46.2 Å². The van der Waals surface area contributed by atoms with Gasteiger partial charge in [-0.3, -0.25) is 4.90 Å². The first-order chi connectivity index (χ1) is 9.74. The molecule has 1 aliphatic rings. The number of thiazole rings is 1. The Hall–Kier alpha value is -1.47. The summed E-state index contributed by atoms with van der Waals surface area (Å²) < 4.78 is 5.08. The van der Waals surface area contributed by atoms with Gasteiger partial charge in [0.05, 0.1) is 6.04 Å². The van der Waals surface area contributed by atoms with E-state index in [9.17, 15) is 0 Å². The second-order valence-electron chi connectivity index (χ2n) is 5.04. The third kappa shape index (κ3) is 2.83. The van der Waals surface area contributed by atoms with E-state index in [1.54, 1.807) is 11.3 Å². The molecule has 1 atom stereocenters. The normalized spacial score (nSPS) is 19.0. The molecule has 0 saturated carbocycles. The van der Waals surface area contributed by atoms with Crippen LogP contribution in [0.15, 0.2) is 16.1 Å². The molecule has 0 aromatic carbocycles. The molecule has 2 aromatic heterocycles. The smallest absolute Gasteiger partial charge is 0.223 e. The zero-order valence-electron chi connectivity index (χ0n) is 11.8. The molecule has 1 unspecified atom stereocenters. The predicted octanol–water partition coefficient (Wildman–Crippen LogP) is 2.11. The van der Waals surface area contributed by atoms with E-state index in [-0.39, 0.29) is 6.04 Å². The SMILES string of the molecule is Cc1nc(C(C)N2CCCN(c3nccs3)CC2)no1. The summed E-state index contributed by atoms with van der Waals surface area (Å²) in [5.41, 5.74) is 0. The number of aromatic nitrogens is 3. The highest BCUT2D eigenvalue weighted by Crippen LogP contribution is 2.23. The van der Waals surface area contributed by atoms with Gasteiger partial charge in [-0.25, -0.2) is 4.98 Å². The third-order valence-electron chi connectivity index (χ3n) is 3.68. The second kappa shape index (κ2) is 5.88. The maximum absolute atomic E-state index is 5.08. The van der Waals surface area contributed by atoms with Crippen LogP contribution < -0.4 is 4.90 Å². The lowest BCUT2D eigenvalue weighted by Gasteiger charge is -2.25. The lowest BCUT2D eigenvalue weighted by atomic mass is 10.2. The monoisotopic (exact) mass is 293 g/mol. The molecule has 3 rings (SSSR count). The highest BCUT2D eigenvalue weighted by Gasteiger charge is 2.23. The molecular formula is C13H19N5OS. The molecule has 1 aliphatic heterocycles. The first-order valence-electron chi connectivity index (χ1n) is 6.93. The Morgan fingerprint density at radius 3 is 2.90 bits per heavy atom. The molecule has 0 bridgehead atoms. The largest absolute Gasteiger partial charge is 0.347 e. The second-order valence-corrected chi connectivity index (χ2v) is 5.91. The lowest BCUT2D eigenvalue weighted by Crippen LogP contribution is -2.32. The highest BCUT2D eigenvalue weighted by atomic mass is 32.1. The molecule has 108 valence electrons. The van der Waals surface area contributed by atoms with Crippen LogP contribution in [-0.2, 0) is 0 Å². The van der Waals surface area contributed by atoms with Crippen molar-refractivity contribution in [1.29, 1.82) is 0 Å². The van der Waals surface area contributed by atoms with Crippen molar-refractivity contribution in [1.82, 2.24) is 20.0 Å². The van der Waals surface area contributed by atoms with Crippen molar-refractivity contribution in [3.63, 3.8) is 0 Å². The first kappa shape index (κ1) is 13.5. The summed E-state index contributed by atoms with van der Waals surface area (Å²) in [7, 11) is 0. The van der Waals surface area contributed by atoms with Gasteiger partial charge in [0.1, 0.15) is 0 Å². The fourth-order valence-electron chi connectivity index (χ4n) is 2.54. The third-order valence-corrected chi connectivity index (χ3v) is 4.52. The average Bonchev–Trinajstić information content (AvgIpc) is 3.05. The summed E-state index contributed by atoms with van der Waals surface area (Å²) in [5, 5.41) is 7.19. The molecular weight excluding hydrogens is 274 g/mol. The maximum atomic E-state index is 5.08. The molecule has 0 radical (unpaired) electrons. The lowest BCUT2D eigenvalue weighted by molar-refractivity contribution is 0.213. The zero-order chi connectivity index (χ0) is 13.9. The van der Waals surface area contributed by atoms with Gasteiger partial charge in [-0.05, 0) is 13.3 Å². The number of rotatable bonds is 3. The fraction of sp³-hybridized carbons (Fsp3) is 0.615. The number of nitrogens with zero attached hydrogens (tertiary/aromatic N) is 5. The van der Waals surface area contributed by atoms with Crippen LogP contribution in [0.3, 0.4) is 0 Å². The van der Waals surface area contributed by atoms with Crippen LogP contribution in [0.1, 0.15) is 31.1 Å². The van der Waals surface area contributed by atoms with Gasteiger partial charge in [0.2, 0.25) is 5.89 Å². The van der Waals surface area contributed by atoms with E-state index in [4.69, 9.17) is 4.52 Å². The summed E-state index contributed by atoms with van der Waals surface area (Å²) in [4.78, 5) is 13.5. The predicted molar refractivity (Wildman–Crippen MR) is 78.0 cm³/mol. The summed E-state index contributed by atoms with van der Waals surface area (Å²) in [6.07, 6.45) is 2.99. The topological polar surface area (TPSA) is 58.3 Å². The van der Waals surface area contributed by atoms with Crippen molar-refractivity contribution in [2.24, 2.45) is 0 Å². The summed E-state index contributed by atoms with van der Waals surface area (Å²) in [6, 6.07) is 0.198. The Balaban J connectivity index is 1.65. The molecule has 1 saturated heterocycles. The Morgan fingerprint density at radius 1 is 1.30 bits per heavy atom. The number of aryl methyl sites for hydroxylation is 1. The summed E-state index contributed by atoms with van der Waals surface area (Å²) in [6.45, 7) is 8.07. The number of hydrogen-bond donors (Lipinski definition) is 0. The molecule has 1 fully saturated rings. The van der Waals surface area contributed by atoms with Crippen molar-refractivity contribution in [2.45, 2.75) is 26.3 Å². The zero-order valence-corrected chi connectivity index (χ0v) is 12.6. The van der Waals surface area contributed by atoms with E-state index >= 15 is 0 Å². The molecule has 0 spiro atoms. The van der Waals surface area contributed by atoms with Crippen molar-refractivity contribution in [3.8, 4) is 0 Å². The molecule has 2 aromatic rings. The molecule has 0 aliphatic carbocycles. The molecule has 7 heteroatoms. The molecule has 3 heterocycles. The Kier molecular flexibility index (Phi) is 3.98. The van der Waals surface area contributed by atoms with Crippen LogP contribution >= 0.6 is 11.3 Å². The standard InChI is InChI=1S/C13H19N5OS/c1-10(12-15-11(2)19-16-12)17-5-3-6-18(8-7-17)13-14-4-9-20-13/h4,9-10H,3,5-8H2,1-2H3. The van der Waals surface area contributed by atoms with Gasteiger partial charge in [-0.2, -0.15) is 4.98 Å². The molecule has 0 N–H and O–H groups in total. The van der Waals surface area contributed by atoms with Crippen LogP contribution in [0.4, 0.5) is 5.13 Å². The van der Waals surface area contributed by atoms with E-state index in [1.165, 1.54) is 0 Å². The highest BCUT2D eigenvalue weighted by molar-refractivity contribution is 7.13. The minimum absolute atomic E-state index is 0.198. The van der Waals surface area contributed by atoms with Crippen molar-refractivity contribution in [2.75, 3.05) is 31.1 Å². The molecule has 6 nitrogen and oxygen atoms in total. The minimum Gasteiger partial charge on any atom is -0.347 e. The van der Waals surface area contributed by atoms with Crippen LogP contribution in [0.5, 0.6) is 0 Å². The van der Waals surface area contributed by atoms with E-state index in [2.05, 4.69) is 31.8 Å². The first-order valence-corrected chi connectivity index (χ1v) is 7.80. The van der Waals surface area contributed by atoms with Gasteiger partial charge >= 0.3 is 0 Å². The van der Waals surface area contributed by atoms with Crippen LogP contribution in [0.2, 0.25) is 0 Å². The van der Waals surface area contributed by atoms with Crippen molar-refractivity contribution in [3.05, 3.63) is 23.3 Å².